The van der Waals surface area contributed by atoms with E-state index in [1.54, 1.807) is 0 Å². The number of piperidine rings is 1. The molecule has 0 bridgehead atoms. The molecular weight excluding hydrogens is 234 g/mol. The first-order chi connectivity index (χ1) is 9.02. The number of nitrogens with zero attached hydrogens (tertiary/aromatic N) is 1. The molecule has 1 saturated heterocycles. The summed E-state index contributed by atoms with van der Waals surface area (Å²) in [6.07, 6.45) is 3.81. The van der Waals surface area contributed by atoms with Crippen molar-refractivity contribution in [2.45, 2.75) is 52.1 Å². The maximum absolute atomic E-state index is 10.7. The van der Waals surface area contributed by atoms with E-state index >= 15 is 0 Å². The molecule has 0 atom stereocenters. The van der Waals surface area contributed by atoms with Gasteiger partial charge in [-0.25, -0.2) is 0 Å². The van der Waals surface area contributed by atoms with E-state index in [4.69, 9.17) is 0 Å². The summed E-state index contributed by atoms with van der Waals surface area (Å²) < 4.78 is 0. The molecular formula is C17H27NO. The average Bonchev–Trinajstić information content (AvgIpc) is 2.37. The highest BCUT2D eigenvalue weighted by Crippen LogP contribution is 2.27. The van der Waals surface area contributed by atoms with Gasteiger partial charge >= 0.3 is 0 Å². The molecule has 19 heavy (non-hydrogen) atoms. The molecule has 106 valence electrons. The summed E-state index contributed by atoms with van der Waals surface area (Å²) in [6.45, 7) is 9.74. The minimum Gasteiger partial charge on any atom is -0.389 e. The molecule has 1 aromatic carbocycles. The number of aliphatic hydroxyl groups is 1. The van der Waals surface area contributed by atoms with Crippen molar-refractivity contribution >= 4 is 0 Å². The van der Waals surface area contributed by atoms with E-state index in [-0.39, 0.29) is 0 Å². The van der Waals surface area contributed by atoms with Crippen molar-refractivity contribution in [2.75, 3.05) is 19.6 Å². The van der Waals surface area contributed by atoms with Crippen LogP contribution in [0.3, 0.4) is 0 Å². The van der Waals surface area contributed by atoms with Crippen LogP contribution in [0.5, 0.6) is 0 Å². The molecule has 1 N–H and O–H groups in total. The Morgan fingerprint density at radius 1 is 1.16 bits per heavy atom. The molecule has 1 heterocycles. The smallest absolute Gasteiger partial charge is 0.0712 e. The summed E-state index contributed by atoms with van der Waals surface area (Å²) in [6, 6.07) is 6.56. The van der Waals surface area contributed by atoms with Crippen LogP contribution in [-0.4, -0.2) is 35.2 Å². The predicted molar refractivity (Wildman–Crippen MR) is 80.5 cm³/mol. The SMILES string of the molecule is CCCN1CCC(O)(Cc2ccc(C)c(C)c2)CC1. The van der Waals surface area contributed by atoms with E-state index in [2.05, 4.69) is 43.9 Å². The summed E-state index contributed by atoms with van der Waals surface area (Å²) in [7, 11) is 0. The number of benzene rings is 1. The zero-order chi connectivity index (χ0) is 13.9. The molecule has 1 aromatic rings. The van der Waals surface area contributed by atoms with Crippen LogP contribution in [0.4, 0.5) is 0 Å². The van der Waals surface area contributed by atoms with Crippen LogP contribution in [0.1, 0.15) is 42.9 Å². The Bertz CT molecular complexity index is 419. The van der Waals surface area contributed by atoms with Gasteiger partial charge in [0.15, 0.2) is 0 Å². The first-order valence-electron chi connectivity index (χ1n) is 7.53. The molecule has 1 aliphatic rings. The molecule has 0 aromatic heterocycles. The lowest BCUT2D eigenvalue weighted by Gasteiger charge is -2.38. The first kappa shape index (κ1) is 14.5. The van der Waals surface area contributed by atoms with Gasteiger partial charge < -0.3 is 10.0 Å². The van der Waals surface area contributed by atoms with Crippen LogP contribution in [0.15, 0.2) is 18.2 Å². The lowest BCUT2D eigenvalue weighted by atomic mass is 9.84. The molecule has 0 saturated carbocycles. The Hall–Kier alpha value is -0.860. The van der Waals surface area contributed by atoms with Gasteiger partial charge in [-0.2, -0.15) is 0 Å². The Morgan fingerprint density at radius 3 is 2.42 bits per heavy atom. The van der Waals surface area contributed by atoms with Crippen molar-refractivity contribution in [1.82, 2.24) is 4.90 Å². The van der Waals surface area contributed by atoms with Crippen molar-refractivity contribution in [3.05, 3.63) is 34.9 Å². The topological polar surface area (TPSA) is 23.5 Å². The second-order valence-corrected chi connectivity index (χ2v) is 6.16. The van der Waals surface area contributed by atoms with Crippen molar-refractivity contribution < 1.29 is 5.11 Å². The number of hydrogen-bond donors (Lipinski definition) is 1. The lowest BCUT2D eigenvalue weighted by Crippen LogP contribution is -2.45. The molecule has 0 spiro atoms. The molecule has 2 heteroatoms. The van der Waals surface area contributed by atoms with Gasteiger partial charge in [0, 0.05) is 19.5 Å². The highest BCUT2D eigenvalue weighted by atomic mass is 16.3. The Kier molecular flexibility index (Phi) is 4.64. The molecule has 0 radical (unpaired) electrons. The molecule has 1 fully saturated rings. The number of rotatable bonds is 4. The number of hydrogen-bond acceptors (Lipinski definition) is 2. The summed E-state index contributed by atoms with van der Waals surface area (Å²) in [5.74, 6) is 0. The first-order valence-corrected chi connectivity index (χ1v) is 7.53. The quantitative estimate of drug-likeness (QED) is 0.900. The monoisotopic (exact) mass is 261 g/mol. The number of likely N-dealkylation sites (tertiary alicyclic amines) is 1. The fourth-order valence-corrected chi connectivity index (χ4v) is 2.98. The highest BCUT2D eigenvalue weighted by Gasteiger charge is 2.32. The summed E-state index contributed by atoms with van der Waals surface area (Å²) in [5.41, 5.74) is 3.43. The third-order valence-corrected chi connectivity index (χ3v) is 4.43. The van der Waals surface area contributed by atoms with Crippen molar-refractivity contribution in [3.8, 4) is 0 Å². The van der Waals surface area contributed by atoms with Gasteiger partial charge in [-0.15, -0.1) is 0 Å². The Labute approximate surface area is 117 Å². The van der Waals surface area contributed by atoms with Crippen molar-refractivity contribution in [3.63, 3.8) is 0 Å². The number of aryl methyl sites for hydroxylation is 2. The Morgan fingerprint density at radius 2 is 1.84 bits per heavy atom. The average molecular weight is 261 g/mol. The van der Waals surface area contributed by atoms with E-state index in [1.165, 1.54) is 29.7 Å². The molecule has 2 nitrogen and oxygen atoms in total. The molecule has 0 amide bonds. The van der Waals surface area contributed by atoms with Crippen LogP contribution in [0.25, 0.3) is 0 Å². The molecule has 2 rings (SSSR count). The van der Waals surface area contributed by atoms with Gasteiger partial charge in [0.25, 0.3) is 0 Å². The van der Waals surface area contributed by atoms with Crippen LogP contribution < -0.4 is 0 Å². The van der Waals surface area contributed by atoms with E-state index in [0.29, 0.717) is 0 Å². The van der Waals surface area contributed by atoms with Crippen LogP contribution >= 0.6 is 0 Å². The fraction of sp³-hybridized carbons (Fsp3) is 0.647. The zero-order valence-corrected chi connectivity index (χ0v) is 12.6. The second kappa shape index (κ2) is 6.06. The minimum atomic E-state index is -0.494. The zero-order valence-electron chi connectivity index (χ0n) is 12.6. The van der Waals surface area contributed by atoms with Gasteiger partial charge in [0.05, 0.1) is 5.60 Å². The summed E-state index contributed by atoms with van der Waals surface area (Å²) in [4.78, 5) is 2.47. The summed E-state index contributed by atoms with van der Waals surface area (Å²) in [5, 5.41) is 10.7. The minimum absolute atomic E-state index is 0.494. The lowest BCUT2D eigenvalue weighted by molar-refractivity contribution is -0.0205. The van der Waals surface area contributed by atoms with Gasteiger partial charge in [-0.3, -0.25) is 0 Å². The van der Waals surface area contributed by atoms with Crippen LogP contribution in [0, 0.1) is 13.8 Å². The highest BCUT2D eigenvalue weighted by molar-refractivity contribution is 5.30. The summed E-state index contributed by atoms with van der Waals surface area (Å²) >= 11 is 0. The normalized spacial score (nSPS) is 19.6. The van der Waals surface area contributed by atoms with E-state index < -0.39 is 5.60 Å². The Balaban J connectivity index is 1.96. The maximum Gasteiger partial charge on any atom is 0.0712 e. The van der Waals surface area contributed by atoms with E-state index in [0.717, 1.165) is 32.4 Å². The third-order valence-electron chi connectivity index (χ3n) is 4.43. The van der Waals surface area contributed by atoms with Crippen LogP contribution in [0.2, 0.25) is 0 Å². The van der Waals surface area contributed by atoms with Gasteiger partial charge in [0.1, 0.15) is 0 Å². The third kappa shape index (κ3) is 3.80. The maximum atomic E-state index is 10.7. The van der Waals surface area contributed by atoms with Gasteiger partial charge in [0.2, 0.25) is 0 Å². The standard InChI is InChI=1S/C17H27NO/c1-4-9-18-10-7-17(19,8-11-18)13-16-6-5-14(2)15(3)12-16/h5-6,12,19H,4,7-11,13H2,1-3H3. The predicted octanol–water partition coefficient (Wildman–Crippen LogP) is 3.08. The van der Waals surface area contributed by atoms with E-state index in [9.17, 15) is 5.11 Å². The fourth-order valence-electron chi connectivity index (χ4n) is 2.98. The van der Waals surface area contributed by atoms with Gasteiger partial charge in [-0.05, 0) is 56.3 Å². The van der Waals surface area contributed by atoms with E-state index in [1.807, 2.05) is 0 Å². The van der Waals surface area contributed by atoms with Gasteiger partial charge in [-0.1, -0.05) is 25.1 Å². The van der Waals surface area contributed by atoms with Crippen molar-refractivity contribution in [1.29, 1.82) is 0 Å². The molecule has 0 aliphatic carbocycles. The molecule has 1 aliphatic heterocycles. The second-order valence-electron chi connectivity index (χ2n) is 6.16. The largest absolute Gasteiger partial charge is 0.389 e. The molecule has 0 unspecified atom stereocenters. The van der Waals surface area contributed by atoms with Crippen molar-refractivity contribution in [2.24, 2.45) is 0 Å². The van der Waals surface area contributed by atoms with Crippen LogP contribution in [-0.2, 0) is 6.42 Å².